The normalized spacial score (nSPS) is 11.1. The predicted molar refractivity (Wildman–Crippen MR) is 101 cm³/mol. The first-order valence-electron chi connectivity index (χ1n) is 8.56. The van der Waals surface area contributed by atoms with E-state index in [1.54, 1.807) is 0 Å². The summed E-state index contributed by atoms with van der Waals surface area (Å²) in [5, 5.41) is 5.43. The topological polar surface area (TPSA) is 54.0 Å². The maximum absolute atomic E-state index is 13.1. The molecule has 28 heavy (non-hydrogen) atoms. The van der Waals surface area contributed by atoms with Gasteiger partial charge >= 0.3 is 6.18 Å². The van der Waals surface area contributed by atoms with E-state index in [1.165, 1.54) is 36.5 Å². The number of carbonyl (C=O) groups excluding carboxylic acids is 1. The molecular weight excluding hydrogens is 367 g/mol. The highest BCUT2D eigenvalue weighted by Gasteiger charge is 2.33. The van der Waals surface area contributed by atoms with Crippen molar-refractivity contribution in [2.24, 2.45) is 0 Å². The van der Waals surface area contributed by atoms with E-state index in [4.69, 9.17) is 0 Å². The number of alkyl halides is 3. The molecule has 0 aliphatic carbocycles. The average molecular weight is 385 g/mol. The molecule has 144 valence electrons. The Morgan fingerprint density at radius 1 is 1.04 bits per heavy atom. The van der Waals surface area contributed by atoms with Crippen LogP contribution < -0.4 is 10.6 Å². The Labute approximate surface area is 160 Å². The van der Waals surface area contributed by atoms with Gasteiger partial charge in [-0.2, -0.15) is 13.2 Å². The Morgan fingerprint density at radius 2 is 1.75 bits per heavy atom. The first-order valence-corrected chi connectivity index (χ1v) is 8.56. The van der Waals surface area contributed by atoms with Crippen LogP contribution in [0.15, 0.2) is 66.9 Å². The minimum absolute atomic E-state index is 0.125. The molecule has 0 unspecified atom stereocenters. The molecule has 0 atom stereocenters. The highest BCUT2D eigenvalue weighted by molar-refractivity contribution is 5.94. The van der Waals surface area contributed by atoms with Gasteiger partial charge in [-0.25, -0.2) is 4.98 Å². The molecule has 1 heterocycles. The molecule has 0 fully saturated rings. The third kappa shape index (κ3) is 4.88. The fourth-order valence-electron chi connectivity index (χ4n) is 2.61. The van der Waals surface area contributed by atoms with Gasteiger partial charge < -0.3 is 10.6 Å². The van der Waals surface area contributed by atoms with Gasteiger partial charge in [0.05, 0.1) is 11.3 Å². The Kier molecular flexibility index (Phi) is 5.63. The molecule has 4 nitrogen and oxygen atoms in total. The predicted octanol–water partition coefficient (Wildman–Crippen LogP) is 5.08. The zero-order valence-electron chi connectivity index (χ0n) is 15.0. The SMILES string of the molecule is Cc1ccc(CNC(=O)c2ccnc(Nc3ccccc3C(F)(F)F)c2)cc1. The number of carbonyl (C=O) groups is 1. The fourth-order valence-corrected chi connectivity index (χ4v) is 2.61. The molecule has 1 amide bonds. The zero-order valence-corrected chi connectivity index (χ0v) is 15.0. The molecule has 3 rings (SSSR count). The smallest absolute Gasteiger partial charge is 0.348 e. The van der Waals surface area contributed by atoms with Crippen LogP contribution in [0.25, 0.3) is 0 Å². The number of rotatable bonds is 5. The Hall–Kier alpha value is -3.35. The van der Waals surface area contributed by atoms with Crippen molar-refractivity contribution < 1.29 is 18.0 Å². The largest absolute Gasteiger partial charge is 0.418 e. The second kappa shape index (κ2) is 8.12. The molecule has 0 spiro atoms. The number of aryl methyl sites for hydroxylation is 1. The number of hydrogen-bond acceptors (Lipinski definition) is 3. The molecule has 7 heteroatoms. The molecule has 2 N–H and O–H groups in total. The van der Waals surface area contributed by atoms with Crippen molar-refractivity contribution in [1.29, 1.82) is 0 Å². The lowest BCUT2D eigenvalue weighted by Gasteiger charge is -2.14. The first-order chi connectivity index (χ1) is 13.3. The van der Waals surface area contributed by atoms with E-state index >= 15 is 0 Å². The third-order valence-corrected chi connectivity index (χ3v) is 4.09. The zero-order chi connectivity index (χ0) is 20.1. The van der Waals surface area contributed by atoms with Crippen molar-refractivity contribution in [2.45, 2.75) is 19.6 Å². The van der Waals surface area contributed by atoms with Crippen LogP contribution in [0.1, 0.15) is 27.0 Å². The van der Waals surface area contributed by atoms with Crippen molar-refractivity contribution in [3.8, 4) is 0 Å². The van der Waals surface area contributed by atoms with Crippen LogP contribution in [0, 0.1) is 6.92 Å². The standard InChI is InChI=1S/C21H18F3N3O/c1-14-6-8-15(9-7-14)13-26-20(28)16-10-11-25-19(12-16)27-18-5-3-2-4-17(18)21(22,23)24/h2-12H,13H2,1H3,(H,25,27)(H,26,28). The molecule has 3 aromatic rings. The number of pyridine rings is 1. The van der Waals surface area contributed by atoms with E-state index in [9.17, 15) is 18.0 Å². The van der Waals surface area contributed by atoms with E-state index in [0.29, 0.717) is 12.1 Å². The molecule has 0 bridgehead atoms. The molecule has 0 aliphatic heterocycles. The summed E-state index contributed by atoms with van der Waals surface area (Å²) in [6, 6.07) is 15.8. The highest BCUT2D eigenvalue weighted by atomic mass is 19.4. The number of benzene rings is 2. The summed E-state index contributed by atoms with van der Waals surface area (Å²) >= 11 is 0. The van der Waals surface area contributed by atoms with Gasteiger partial charge in [-0.05, 0) is 36.8 Å². The number of anilines is 2. The summed E-state index contributed by atoms with van der Waals surface area (Å²) in [6.45, 7) is 2.33. The van der Waals surface area contributed by atoms with Crippen LogP contribution in [0.2, 0.25) is 0 Å². The molecule has 1 aromatic heterocycles. The van der Waals surface area contributed by atoms with Gasteiger partial charge in [-0.15, -0.1) is 0 Å². The average Bonchev–Trinajstić information content (AvgIpc) is 2.67. The van der Waals surface area contributed by atoms with Crippen molar-refractivity contribution in [2.75, 3.05) is 5.32 Å². The minimum atomic E-state index is -4.49. The van der Waals surface area contributed by atoms with Crippen molar-refractivity contribution in [1.82, 2.24) is 10.3 Å². The van der Waals surface area contributed by atoms with Crippen LogP contribution >= 0.6 is 0 Å². The molecule has 0 aliphatic rings. The lowest BCUT2D eigenvalue weighted by atomic mass is 10.1. The maximum atomic E-state index is 13.1. The molecule has 2 aromatic carbocycles. The summed E-state index contributed by atoms with van der Waals surface area (Å²) in [4.78, 5) is 16.4. The number of nitrogens with zero attached hydrogens (tertiary/aromatic N) is 1. The van der Waals surface area contributed by atoms with E-state index < -0.39 is 11.7 Å². The number of aromatic nitrogens is 1. The van der Waals surface area contributed by atoms with Gasteiger partial charge in [0.2, 0.25) is 0 Å². The Bertz CT molecular complexity index is 969. The second-order valence-electron chi connectivity index (χ2n) is 6.27. The molecule has 0 saturated carbocycles. The fraction of sp³-hybridized carbons (Fsp3) is 0.143. The Morgan fingerprint density at radius 3 is 2.46 bits per heavy atom. The minimum Gasteiger partial charge on any atom is -0.348 e. The summed E-state index contributed by atoms with van der Waals surface area (Å²) < 4.78 is 39.4. The highest BCUT2D eigenvalue weighted by Crippen LogP contribution is 2.35. The van der Waals surface area contributed by atoms with Gasteiger partial charge in [0.15, 0.2) is 0 Å². The molecule has 0 radical (unpaired) electrons. The van der Waals surface area contributed by atoms with Crippen LogP contribution in [-0.4, -0.2) is 10.9 Å². The molecule has 0 saturated heterocycles. The summed E-state index contributed by atoms with van der Waals surface area (Å²) in [5.41, 5.74) is 1.45. The van der Waals surface area contributed by atoms with E-state index in [1.807, 2.05) is 31.2 Å². The van der Waals surface area contributed by atoms with E-state index in [2.05, 4.69) is 15.6 Å². The lowest BCUT2D eigenvalue weighted by Crippen LogP contribution is -2.23. The summed E-state index contributed by atoms with van der Waals surface area (Å²) in [7, 11) is 0. The quantitative estimate of drug-likeness (QED) is 0.644. The van der Waals surface area contributed by atoms with Crippen molar-refractivity contribution >= 4 is 17.4 Å². The van der Waals surface area contributed by atoms with Gasteiger partial charge in [0, 0.05) is 18.3 Å². The summed E-state index contributed by atoms with van der Waals surface area (Å²) in [5.74, 6) is -0.185. The number of nitrogens with one attached hydrogen (secondary N) is 2. The number of amides is 1. The van der Waals surface area contributed by atoms with Crippen molar-refractivity contribution in [3.05, 3.63) is 89.1 Å². The van der Waals surface area contributed by atoms with Gasteiger partial charge in [-0.3, -0.25) is 4.79 Å². The first kappa shape index (κ1) is 19.4. The third-order valence-electron chi connectivity index (χ3n) is 4.09. The molecular formula is C21H18F3N3O. The van der Waals surface area contributed by atoms with E-state index in [-0.39, 0.29) is 17.4 Å². The Balaban J connectivity index is 1.72. The van der Waals surface area contributed by atoms with Crippen LogP contribution in [-0.2, 0) is 12.7 Å². The number of hydrogen-bond donors (Lipinski definition) is 2. The van der Waals surface area contributed by atoms with Crippen LogP contribution in [0.3, 0.4) is 0 Å². The van der Waals surface area contributed by atoms with E-state index in [0.717, 1.165) is 17.2 Å². The van der Waals surface area contributed by atoms with Gasteiger partial charge in [0.25, 0.3) is 5.91 Å². The van der Waals surface area contributed by atoms with Crippen LogP contribution in [0.5, 0.6) is 0 Å². The van der Waals surface area contributed by atoms with Crippen LogP contribution in [0.4, 0.5) is 24.7 Å². The second-order valence-corrected chi connectivity index (χ2v) is 6.27. The number of para-hydroxylation sites is 1. The van der Waals surface area contributed by atoms with Gasteiger partial charge in [0.1, 0.15) is 5.82 Å². The van der Waals surface area contributed by atoms with Gasteiger partial charge in [-0.1, -0.05) is 42.0 Å². The summed E-state index contributed by atoms with van der Waals surface area (Å²) in [6.07, 6.45) is -3.12. The lowest BCUT2D eigenvalue weighted by molar-refractivity contribution is -0.136. The van der Waals surface area contributed by atoms with Crippen molar-refractivity contribution in [3.63, 3.8) is 0 Å². The monoisotopic (exact) mass is 385 g/mol. The number of halogens is 3. The maximum Gasteiger partial charge on any atom is 0.418 e.